The van der Waals surface area contributed by atoms with Crippen LogP contribution in [0.4, 0.5) is 8.78 Å². The van der Waals surface area contributed by atoms with Gasteiger partial charge in [-0.15, -0.1) is 12.3 Å². The number of alkyl halides is 2. The first-order valence-corrected chi connectivity index (χ1v) is 4.44. The lowest BCUT2D eigenvalue weighted by Crippen LogP contribution is -2.19. The Kier molecular flexibility index (Phi) is 1.49. The second kappa shape index (κ2) is 2.22. The topological polar surface area (TPSA) is 0 Å². The van der Waals surface area contributed by atoms with Crippen LogP contribution in [0.2, 0.25) is 0 Å². The Balaban J connectivity index is 1.98. The molecule has 2 heteroatoms. The smallest absolute Gasteiger partial charge is 0.206 e. The summed E-state index contributed by atoms with van der Waals surface area (Å²) in [5.74, 6) is 0.540. The molecule has 2 fully saturated rings. The Bertz CT molecular complexity index is 229. The van der Waals surface area contributed by atoms with Gasteiger partial charge < -0.3 is 0 Å². The van der Waals surface area contributed by atoms with Crippen molar-refractivity contribution in [2.24, 2.45) is 11.3 Å². The molecular formula is C10H12F2. The number of hydrogen-bond donors (Lipinski definition) is 0. The van der Waals surface area contributed by atoms with E-state index in [9.17, 15) is 8.78 Å². The van der Waals surface area contributed by atoms with E-state index in [2.05, 4.69) is 5.92 Å². The number of halogens is 2. The molecule has 12 heavy (non-hydrogen) atoms. The van der Waals surface area contributed by atoms with E-state index in [0.717, 1.165) is 12.8 Å². The molecule has 2 aliphatic carbocycles. The summed E-state index contributed by atoms with van der Waals surface area (Å²) in [4.78, 5) is 0. The molecule has 0 aromatic rings. The van der Waals surface area contributed by atoms with E-state index in [1.807, 2.05) is 0 Å². The highest BCUT2D eigenvalue weighted by Gasteiger charge is 2.70. The number of hydrogen-bond acceptors (Lipinski definition) is 0. The van der Waals surface area contributed by atoms with Crippen LogP contribution in [0.3, 0.4) is 0 Å². The fourth-order valence-corrected chi connectivity index (χ4v) is 2.26. The van der Waals surface area contributed by atoms with E-state index in [-0.39, 0.29) is 12.3 Å². The maximum Gasteiger partial charge on any atom is 0.254 e. The predicted molar refractivity (Wildman–Crippen MR) is 42.8 cm³/mol. The first-order valence-electron chi connectivity index (χ1n) is 4.44. The highest BCUT2D eigenvalue weighted by Crippen LogP contribution is 2.67. The van der Waals surface area contributed by atoms with Crippen LogP contribution in [0.1, 0.15) is 32.1 Å². The van der Waals surface area contributed by atoms with Crippen LogP contribution in [0, 0.1) is 23.7 Å². The van der Waals surface area contributed by atoms with Gasteiger partial charge in [-0.25, -0.2) is 8.78 Å². The van der Waals surface area contributed by atoms with E-state index in [4.69, 9.17) is 6.42 Å². The fraction of sp³-hybridized carbons (Fsp3) is 0.800. The first-order chi connectivity index (χ1) is 5.60. The van der Waals surface area contributed by atoms with E-state index in [1.165, 1.54) is 0 Å². The van der Waals surface area contributed by atoms with Crippen LogP contribution in [0.5, 0.6) is 0 Å². The zero-order chi connectivity index (χ0) is 8.82. The van der Waals surface area contributed by atoms with Gasteiger partial charge in [0.1, 0.15) is 0 Å². The van der Waals surface area contributed by atoms with Gasteiger partial charge in [-0.3, -0.25) is 0 Å². The lowest BCUT2D eigenvalue weighted by Gasteiger charge is -2.25. The molecule has 0 amide bonds. The van der Waals surface area contributed by atoms with E-state index < -0.39 is 11.3 Å². The van der Waals surface area contributed by atoms with Gasteiger partial charge in [-0.1, -0.05) is 0 Å². The molecule has 0 aliphatic heterocycles. The molecule has 1 spiro atoms. The third-order valence-electron chi connectivity index (χ3n) is 3.39. The highest BCUT2D eigenvalue weighted by atomic mass is 19.3. The monoisotopic (exact) mass is 170 g/mol. The van der Waals surface area contributed by atoms with Crippen molar-refractivity contribution in [2.75, 3.05) is 0 Å². The second-order valence-electron chi connectivity index (χ2n) is 4.10. The molecule has 0 radical (unpaired) electrons. The Hall–Kier alpha value is -0.580. The van der Waals surface area contributed by atoms with Crippen molar-refractivity contribution in [3.8, 4) is 12.3 Å². The summed E-state index contributed by atoms with van der Waals surface area (Å²) in [6, 6.07) is 0. The van der Waals surface area contributed by atoms with Crippen LogP contribution < -0.4 is 0 Å². The van der Waals surface area contributed by atoms with E-state index in [0.29, 0.717) is 12.8 Å². The third kappa shape index (κ3) is 0.957. The van der Waals surface area contributed by atoms with Crippen molar-refractivity contribution in [2.45, 2.75) is 38.0 Å². The molecule has 0 nitrogen and oxygen atoms in total. The van der Waals surface area contributed by atoms with Crippen LogP contribution in [-0.2, 0) is 0 Å². The summed E-state index contributed by atoms with van der Waals surface area (Å²) in [7, 11) is 0. The quantitative estimate of drug-likeness (QED) is 0.490. The van der Waals surface area contributed by atoms with Crippen LogP contribution in [0.15, 0.2) is 0 Å². The van der Waals surface area contributed by atoms with Gasteiger partial charge in [0.2, 0.25) is 0 Å². The summed E-state index contributed by atoms with van der Waals surface area (Å²) >= 11 is 0. The van der Waals surface area contributed by atoms with E-state index >= 15 is 0 Å². The third-order valence-corrected chi connectivity index (χ3v) is 3.39. The molecule has 66 valence electrons. The van der Waals surface area contributed by atoms with Gasteiger partial charge in [0.15, 0.2) is 0 Å². The van der Waals surface area contributed by atoms with Crippen LogP contribution in [-0.4, -0.2) is 5.92 Å². The Morgan fingerprint density at radius 2 is 1.75 bits per heavy atom. The summed E-state index contributed by atoms with van der Waals surface area (Å²) < 4.78 is 25.7. The highest BCUT2D eigenvalue weighted by molar-refractivity contribution is 5.13. The van der Waals surface area contributed by atoms with Gasteiger partial charge in [0.25, 0.3) is 5.92 Å². The van der Waals surface area contributed by atoms with Gasteiger partial charge in [0, 0.05) is 17.8 Å². The Morgan fingerprint density at radius 1 is 1.25 bits per heavy atom. The van der Waals surface area contributed by atoms with Crippen molar-refractivity contribution >= 4 is 0 Å². The predicted octanol–water partition coefficient (Wildman–Crippen LogP) is 2.84. The molecular weight excluding hydrogens is 158 g/mol. The van der Waals surface area contributed by atoms with E-state index in [1.54, 1.807) is 0 Å². The molecule has 0 aromatic carbocycles. The zero-order valence-electron chi connectivity index (χ0n) is 6.95. The largest absolute Gasteiger partial charge is 0.254 e. The Morgan fingerprint density at radius 3 is 2.08 bits per heavy atom. The standard InChI is InChI=1S/C10H12F2/c1-2-8-3-5-9(6-4-8)7-10(9,11)12/h1,8H,3-7H2. The van der Waals surface area contributed by atoms with Gasteiger partial charge in [0.05, 0.1) is 0 Å². The van der Waals surface area contributed by atoms with Gasteiger partial charge in [-0.2, -0.15) is 0 Å². The summed E-state index contributed by atoms with van der Waals surface area (Å²) in [5, 5.41) is 0. The lowest BCUT2D eigenvalue weighted by atomic mass is 9.80. The first kappa shape index (κ1) is 8.04. The maximum atomic E-state index is 12.9. The normalized spacial score (nSPS) is 43.9. The van der Waals surface area contributed by atoms with Crippen LogP contribution in [0.25, 0.3) is 0 Å². The minimum atomic E-state index is -2.37. The SMILES string of the molecule is C#CC1CCC2(CC1)CC2(F)F. The fourth-order valence-electron chi connectivity index (χ4n) is 2.26. The number of rotatable bonds is 0. The molecule has 0 atom stereocenters. The molecule has 0 heterocycles. The average Bonchev–Trinajstić information content (AvgIpc) is 2.55. The van der Waals surface area contributed by atoms with Crippen molar-refractivity contribution in [1.82, 2.24) is 0 Å². The van der Waals surface area contributed by atoms with Crippen molar-refractivity contribution in [1.29, 1.82) is 0 Å². The average molecular weight is 170 g/mol. The summed E-state index contributed by atoms with van der Waals surface area (Å²) in [5.41, 5.74) is -0.625. The minimum Gasteiger partial charge on any atom is -0.206 e. The van der Waals surface area contributed by atoms with Gasteiger partial charge in [-0.05, 0) is 25.7 Å². The molecule has 0 bridgehead atoms. The van der Waals surface area contributed by atoms with Crippen LogP contribution >= 0.6 is 0 Å². The molecule has 2 saturated carbocycles. The second-order valence-corrected chi connectivity index (χ2v) is 4.10. The molecule has 0 unspecified atom stereocenters. The van der Waals surface area contributed by atoms with Gasteiger partial charge >= 0.3 is 0 Å². The molecule has 0 aromatic heterocycles. The summed E-state index contributed by atoms with van der Waals surface area (Å²) in [6.45, 7) is 0. The minimum absolute atomic E-state index is 0.108. The Labute approximate surface area is 71.3 Å². The molecule has 2 rings (SSSR count). The molecule has 0 N–H and O–H groups in total. The summed E-state index contributed by atoms with van der Waals surface area (Å²) in [6.07, 6.45) is 8.21. The van der Waals surface area contributed by atoms with Crippen molar-refractivity contribution in [3.05, 3.63) is 0 Å². The maximum absolute atomic E-state index is 12.9. The van der Waals surface area contributed by atoms with Crippen molar-refractivity contribution in [3.63, 3.8) is 0 Å². The molecule has 2 aliphatic rings. The number of terminal acetylenes is 1. The zero-order valence-corrected chi connectivity index (χ0v) is 6.95. The lowest BCUT2D eigenvalue weighted by molar-refractivity contribution is 0.0443. The molecule has 0 saturated heterocycles. The van der Waals surface area contributed by atoms with Crippen molar-refractivity contribution < 1.29 is 8.78 Å².